The van der Waals surface area contributed by atoms with Crippen LogP contribution in [0.4, 0.5) is 5.69 Å². The van der Waals surface area contributed by atoms with Crippen molar-refractivity contribution < 1.29 is 13.2 Å². The first-order chi connectivity index (χ1) is 8.78. The van der Waals surface area contributed by atoms with E-state index in [2.05, 4.69) is 0 Å². The lowest BCUT2D eigenvalue weighted by atomic mass is 9.94. The fourth-order valence-corrected chi connectivity index (χ4v) is 2.59. The highest BCUT2D eigenvalue weighted by atomic mass is 32.2. The number of nitrogens with two attached hydrogens (primary N) is 1. The van der Waals surface area contributed by atoms with Crippen molar-refractivity contribution in [3.8, 4) is 0 Å². The number of hydrogen-bond donors (Lipinski definition) is 1. The number of hydrogen-bond acceptors (Lipinski definition) is 4. The molecule has 1 unspecified atom stereocenters. The molecule has 5 heteroatoms. The van der Waals surface area contributed by atoms with Gasteiger partial charge in [-0.05, 0) is 30.0 Å². The highest BCUT2D eigenvalue weighted by Gasteiger charge is 2.12. The van der Waals surface area contributed by atoms with Crippen LogP contribution in [0.15, 0.2) is 24.3 Å². The van der Waals surface area contributed by atoms with Gasteiger partial charge in [0.15, 0.2) is 0 Å². The molecule has 0 aliphatic rings. The minimum absolute atomic E-state index is 0.0784. The van der Waals surface area contributed by atoms with Crippen LogP contribution in [-0.4, -0.2) is 26.2 Å². The number of carbonyl (C=O) groups excluding carboxylic acids is 1. The minimum Gasteiger partial charge on any atom is -0.399 e. The van der Waals surface area contributed by atoms with Crippen LogP contribution < -0.4 is 5.73 Å². The van der Waals surface area contributed by atoms with Crippen LogP contribution in [0.3, 0.4) is 0 Å². The smallest absolute Gasteiger partial charge is 0.147 e. The Labute approximate surface area is 114 Å². The Morgan fingerprint density at radius 3 is 2.37 bits per heavy atom. The van der Waals surface area contributed by atoms with Gasteiger partial charge in [-0.15, -0.1) is 0 Å². The van der Waals surface area contributed by atoms with E-state index in [9.17, 15) is 13.2 Å². The van der Waals surface area contributed by atoms with Crippen molar-refractivity contribution in [2.24, 2.45) is 0 Å². The molecule has 1 aromatic carbocycles. The van der Waals surface area contributed by atoms with Gasteiger partial charge in [0.25, 0.3) is 0 Å². The second-order valence-corrected chi connectivity index (χ2v) is 7.30. The predicted molar refractivity (Wildman–Crippen MR) is 77.8 cm³/mol. The van der Waals surface area contributed by atoms with Crippen molar-refractivity contribution in [3.05, 3.63) is 29.8 Å². The second-order valence-electron chi connectivity index (χ2n) is 5.04. The molecule has 0 fully saturated rings. The van der Waals surface area contributed by atoms with Gasteiger partial charge in [0.2, 0.25) is 0 Å². The number of benzene rings is 1. The molecule has 0 radical (unpaired) electrons. The van der Waals surface area contributed by atoms with E-state index in [0.717, 1.165) is 5.56 Å². The zero-order valence-corrected chi connectivity index (χ0v) is 12.2. The molecule has 0 amide bonds. The highest BCUT2D eigenvalue weighted by Crippen LogP contribution is 2.21. The quantitative estimate of drug-likeness (QED) is 0.778. The molecule has 0 spiro atoms. The van der Waals surface area contributed by atoms with E-state index < -0.39 is 9.84 Å². The molecule has 0 heterocycles. The van der Waals surface area contributed by atoms with Gasteiger partial charge in [-0.2, -0.15) is 0 Å². The summed E-state index contributed by atoms with van der Waals surface area (Å²) in [6, 6.07) is 7.48. The number of nitrogen functional groups attached to an aromatic ring is 1. The third-order valence-electron chi connectivity index (χ3n) is 3.01. The summed E-state index contributed by atoms with van der Waals surface area (Å²) in [4.78, 5) is 11.8. The lowest BCUT2D eigenvalue weighted by Gasteiger charge is -2.11. The molecule has 106 valence electrons. The maximum Gasteiger partial charge on any atom is 0.147 e. The van der Waals surface area contributed by atoms with E-state index in [1.54, 1.807) is 0 Å². The average molecular weight is 283 g/mol. The van der Waals surface area contributed by atoms with Crippen molar-refractivity contribution in [2.45, 2.75) is 32.1 Å². The summed E-state index contributed by atoms with van der Waals surface area (Å²) in [7, 11) is -2.97. The molecular weight excluding hydrogens is 262 g/mol. The lowest BCUT2D eigenvalue weighted by Crippen LogP contribution is -2.08. The zero-order valence-electron chi connectivity index (χ0n) is 11.4. The van der Waals surface area contributed by atoms with Gasteiger partial charge in [0.1, 0.15) is 15.6 Å². The third kappa shape index (κ3) is 6.38. The molecular formula is C14H21NO3S. The Bertz CT molecular complexity index is 520. The van der Waals surface area contributed by atoms with E-state index in [4.69, 9.17) is 5.73 Å². The molecule has 0 bridgehead atoms. The van der Waals surface area contributed by atoms with Crippen LogP contribution in [0.2, 0.25) is 0 Å². The number of sulfone groups is 1. The molecule has 1 aromatic rings. The summed E-state index contributed by atoms with van der Waals surface area (Å²) in [5.41, 5.74) is 7.39. The van der Waals surface area contributed by atoms with E-state index in [1.165, 1.54) is 6.26 Å². The van der Waals surface area contributed by atoms with Crippen LogP contribution in [0.25, 0.3) is 0 Å². The summed E-state index contributed by atoms with van der Waals surface area (Å²) in [5.74, 6) is 0.314. The van der Waals surface area contributed by atoms with Crippen molar-refractivity contribution in [1.82, 2.24) is 0 Å². The van der Waals surface area contributed by atoms with Crippen LogP contribution >= 0.6 is 0 Å². The third-order valence-corrected chi connectivity index (χ3v) is 4.04. The van der Waals surface area contributed by atoms with Crippen molar-refractivity contribution >= 4 is 21.3 Å². The van der Waals surface area contributed by atoms with Crippen molar-refractivity contribution in [2.75, 3.05) is 17.7 Å². The lowest BCUT2D eigenvalue weighted by molar-refractivity contribution is -0.119. The summed E-state index contributed by atoms with van der Waals surface area (Å²) in [5, 5.41) is 0. The van der Waals surface area contributed by atoms with Crippen LogP contribution in [0.1, 0.15) is 37.7 Å². The number of carbonyl (C=O) groups is 1. The van der Waals surface area contributed by atoms with Crippen molar-refractivity contribution in [1.29, 1.82) is 0 Å². The first-order valence-electron chi connectivity index (χ1n) is 6.33. The topological polar surface area (TPSA) is 77.2 Å². The molecule has 0 aliphatic carbocycles. The van der Waals surface area contributed by atoms with Crippen LogP contribution in [-0.2, 0) is 14.6 Å². The van der Waals surface area contributed by atoms with E-state index in [-0.39, 0.29) is 17.5 Å². The van der Waals surface area contributed by atoms with Gasteiger partial charge in [-0.25, -0.2) is 8.42 Å². The Hall–Kier alpha value is -1.36. The Morgan fingerprint density at radius 1 is 1.26 bits per heavy atom. The molecule has 0 aromatic heterocycles. The SMILES string of the molecule is CC(CC(=O)CCCS(C)(=O)=O)c1ccc(N)cc1. The molecule has 4 nitrogen and oxygen atoms in total. The van der Waals surface area contributed by atoms with Gasteiger partial charge < -0.3 is 5.73 Å². The first kappa shape index (κ1) is 15.7. The van der Waals surface area contributed by atoms with Gasteiger partial charge in [0, 0.05) is 24.8 Å². The summed E-state index contributed by atoms with van der Waals surface area (Å²) in [6.07, 6.45) is 2.36. The van der Waals surface area contributed by atoms with E-state index >= 15 is 0 Å². The molecule has 0 saturated heterocycles. The zero-order chi connectivity index (χ0) is 14.5. The maximum absolute atomic E-state index is 11.8. The largest absolute Gasteiger partial charge is 0.399 e. The summed E-state index contributed by atoms with van der Waals surface area (Å²) >= 11 is 0. The molecule has 19 heavy (non-hydrogen) atoms. The predicted octanol–water partition coefficient (Wildman–Crippen LogP) is 2.16. The number of ketones is 1. The van der Waals surface area contributed by atoms with Gasteiger partial charge in [-0.3, -0.25) is 4.79 Å². The normalized spacial score (nSPS) is 13.2. The fraction of sp³-hybridized carbons (Fsp3) is 0.500. The van der Waals surface area contributed by atoms with E-state index in [0.29, 0.717) is 24.9 Å². The monoisotopic (exact) mass is 283 g/mol. The number of rotatable bonds is 7. The average Bonchev–Trinajstić information content (AvgIpc) is 2.27. The Balaban J connectivity index is 2.42. The molecule has 0 saturated carbocycles. The molecule has 0 aliphatic heterocycles. The van der Waals surface area contributed by atoms with Gasteiger partial charge in [-0.1, -0.05) is 19.1 Å². The van der Waals surface area contributed by atoms with Gasteiger partial charge in [0.05, 0.1) is 5.75 Å². The molecule has 2 N–H and O–H groups in total. The number of anilines is 1. The Kier molecular flexibility index (Phi) is 5.54. The molecule has 1 rings (SSSR count). The highest BCUT2D eigenvalue weighted by molar-refractivity contribution is 7.90. The maximum atomic E-state index is 11.8. The number of Topliss-reactive ketones (excluding diaryl/α,β-unsaturated/α-hetero) is 1. The summed E-state index contributed by atoms with van der Waals surface area (Å²) in [6.45, 7) is 1.99. The van der Waals surface area contributed by atoms with Gasteiger partial charge >= 0.3 is 0 Å². The minimum atomic E-state index is -2.97. The van der Waals surface area contributed by atoms with Crippen molar-refractivity contribution in [3.63, 3.8) is 0 Å². The molecule has 1 atom stereocenters. The standard InChI is InChI=1S/C14H21NO3S/c1-11(12-5-7-13(15)8-6-12)10-14(16)4-3-9-19(2,17)18/h5-8,11H,3-4,9-10,15H2,1-2H3. The second kappa shape index (κ2) is 6.70. The Morgan fingerprint density at radius 2 is 1.84 bits per heavy atom. The summed E-state index contributed by atoms with van der Waals surface area (Å²) < 4.78 is 21.9. The van der Waals surface area contributed by atoms with E-state index in [1.807, 2.05) is 31.2 Å². The fourth-order valence-electron chi connectivity index (χ4n) is 1.92. The van der Waals surface area contributed by atoms with Crippen LogP contribution in [0, 0.1) is 0 Å². The first-order valence-corrected chi connectivity index (χ1v) is 8.39. The van der Waals surface area contributed by atoms with Crippen LogP contribution in [0.5, 0.6) is 0 Å².